The van der Waals surface area contributed by atoms with Crippen molar-refractivity contribution >= 4 is 0 Å². The lowest BCUT2D eigenvalue weighted by Crippen LogP contribution is -2.42. The third kappa shape index (κ3) is 2.91. The molecule has 7 heteroatoms. The summed E-state index contributed by atoms with van der Waals surface area (Å²) >= 11 is 0. The summed E-state index contributed by atoms with van der Waals surface area (Å²) in [5, 5.41) is 21.0. The summed E-state index contributed by atoms with van der Waals surface area (Å²) in [7, 11) is 0. The highest BCUT2D eigenvalue weighted by molar-refractivity contribution is 5.23. The number of hydrogen-bond acceptors (Lipinski definition) is 4. The van der Waals surface area contributed by atoms with Crippen molar-refractivity contribution < 1.29 is 23.4 Å². The molecule has 0 saturated carbocycles. The van der Waals surface area contributed by atoms with Crippen molar-refractivity contribution in [2.24, 2.45) is 0 Å². The predicted octanol–water partition coefficient (Wildman–Crippen LogP) is 0.805. The fourth-order valence-corrected chi connectivity index (χ4v) is 1.13. The van der Waals surface area contributed by atoms with Gasteiger partial charge in [-0.1, -0.05) is 6.92 Å². The summed E-state index contributed by atoms with van der Waals surface area (Å²) in [6.07, 6.45) is -2.99. The van der Waals surface area contributed by atoms with Crippen LogP contribution >= 0.6 is 0 Å². The van der Waals surface area contributed by atoms with E-state index in [9.17, 15) is 23.4 Å². The minimum atomic E-state index is -4.56. The number of pyridine rings is 1. The highest BCUT2D eigenvalue weighted by atomic mass is 19.4. The molecule has 1 heterocycles. The molecule has 1 aromatic heterocycles. The highest BCUT2D eigenvalue weighted by Gasteiger charge is 2.34. The van der Waals surface area contributed by atoms with Crippen LogP contribution in [0.1, 0.15) is 18.1 Å². The van der Waals surface area contributed by atoms with Gasteiger partial charge in [0.2, 0.25) is 0 Å². The van der Waals surface area contributed by atoms with Gasteiger partial charge in [-0.2, -0.15) is 13.2 Å². The second kappa shape index (κ2) is 4.36. The SMILES string of the molecule is CCNC(O)(O)c1cncc(C(F)(F)F)c1. The van der Waals surface area contributed by atoms with Crippen LogP contribution in [0.5, 0.6) is 0 Å². The van der Waals surface area contributed by atoms with Gasteiger partial charge in [-0.3, -0.25) is 10.3 Å². The van der Waals surface area contributed by atoms with E-state index in [0.29, 0.717) is 12.3 Å². The van der Waals surface area contributed by atoms with Crippen LogP contribution in [0.15, 0.2) is 18.5 Å². The molecular weight excluding hydrogens is 225 g/mol. The average molecular weight is 236 g/mol. The number of nitrogens with one attached hydrogen (secondary N) is 1. The molecule has 1 rings (SSSR count). The van der Waals surface area contributed by atoms with E-state index in [1.807, 2.05) is 0 Å². The minimum Gasteiger partial charge on any atom is -0.350 e. The van der Waals surface area contributed by atoms with E-state index in [-0.39, 0.29) is 12.1 Å². The lowest BCUT2D eigenvalue weighted by molar-refractivity contribution is -0.194. The molecule has 16 heavy (non-hydrogen) atoms. The van der Waals surface area contributed by atoms with E-state index < -0.39 is 17.7 Å². The van der Waals surface area contributed by atoms with Crippen molar-refractivity contribution in [1.82, 2.24) is 10.3 Å². The number of halogens is 3. The molecule has 0 aromatic carbocycles. The van der Waals surface area contributed by atoms with Gasteiger partial charge >= 0.3 is 6.18 Å². The molecule has 0 fully saturated rings. The number of aromatic nitrogens is 1. The zero-order valence-electron chi connectivity index (χ0n) is 8.41. The molecule has 4 nitrogen and oxygen atoms in total. The first kappa shape index (κ1) is 12.9. The molecule has 0 amide bonds. The van der Waals surface area contributed by atoms with Crippen molar-refractivity contribution in [3.63, 3.8) is 0 Å². The largest absolute Gasteiger partial charge is 0.417 e. The van der Waals surface area contributed by atoms with Crippen LogP contribution in [-0.2, 0) is 12.1 Å². The Balaban J connectivity index is 3.08. The Hall–Kier alpha value is -1.18. The minimum absolute atomic E-state index is 0.184. The first-order valence-corrected chi connectivity index (χ1v) is 4.50. The maximum atomic E-state index is 12.3. The number of aliphatic hydroxyl groups is 2. The van der Waals surface area contributed by atoms with Crippen molar-refractivity contribution in [3.8, 4) is 0 Å². The van der Waals surface area contributed by atoms with Gasteiger partial charge < -0.3 is 10.2 Å². The maximum absolute atomic E-state index is 12.3. The van der Waals surface area contributed by atoms with Crippen LogP contribution in [0.4, 0.5) is 13.2 Å². The molecule has 0 aliphatic heterocycles. The summed E-state index contributed by atoms with van der Waals surface area (Å²) < 4.78 is 37.0. The fraction of sp³-hybridized carbons (Fsp3) is 0.444. The summed E-state index contributed by atoms with van der Waals surface area (Å²) in [5.74, 6) is -2.51. The van der Waals surface area contributed by atoms with E-state index in [1.54, 1.807) is 6.92 Å². The molecule has 0 saturated heterocycles. The van der Waals surface area contributed by atoms with Crippen molar-refractivity contribution in [2.75, 3.05) is 6.54 Å². The van der Waals surface area contributed by atoms with Crippen LogP contribution in [0.2, 0.25) is 0 Å². The van der Waals surface area contributed by atoms with Crippen LogP contribution in [0, 0.1) is 0 Å². The van der Waals surface area contributed by atoms with Gasteiger partial charge in [0, 0.05) is 18.0 Å². The van der Waals surface area contributed by atoms with Crippen LogP contribution in [0.25, 0.3) is 0 Å². The Labute approximate surface area is 89.7 Å². The molecule has 0 unspecified atom stereocenters. The van der Waals surface area contributed by atoms with E-state index in [2.05, 4.69) is 10.3 Å². The Kier molecular flexibility index (Phi) is 3.51. The van der Waals surface area contributed by atoms with Gasteiger partial charge in [-0.25, -0.2) is 0 Å². The van der Waals surface area contributed by atoms with Crippen molar-refractivity contribution in [3.05, 3.63) is 29.6 Å². The van der Waals surface area contributed by atoms with Gasteiger partial charge in [0.15, 0.2) is 0 Å². The first-order valence-electron chi connectivity index (χ1n) is 4.50. The summed E-state index contributed by atoms with van der Waals surface area (Å²) in [6, 6.07) is 0.635. The second-order valence-corrected chi connectivity index (χ2v) is 3.16. The van der Waals surface area contributed by atoms with Crippen molar-refractivity contribution in [2.45, 2.75) is 19.0 Å². The van der Waals surface area contributed by atoms with E-state index in [4.69, 9.17) is 0 Å². The molecule has 0 radical (unpaired) electrons. The first-order chi connectivity index (χ1) is 7.27. The molecule has 90 valence electrons. The lowest BCUT2D eigenvalue weighted by Gasteiger charge is -2.22. The maximum Gasteiger partial charge on any atom is 0.417 e. The molecule has 0 bridgehead atoms. The third-order valence-corrected chi connectivity index (χ3v) is 1.89. The van der Waals surface area contributed by atoms with E-state index in [1.165, 1.54) is 0 Å². The Morgan fingerprint density at radius 1 is 1.25 bits per heavy atom. The lowest BCUT2D eigenvalue weighted by atomic mass is 10.1. The van der Waals surface area contributed by atoms with Gasteiger partial charge in [0.05, 0.1) is 5.56 Å². The van der Waals surface area contributed by atoms with E-state index >= 15 is 0 Å². The number of nitrogens with zero attached hydrogens (tertiary/aromatic N) is 1. The van der Waals surface area contributed by atoms with Gasteiger partial charge in [0.1, 0.15) is 0 Å². The predicted molar refractivity (Wildman–Crippen MR) is 49.0 cm³/mol. The number of rotatable bonds is 3. The van der Waals surface area contributed by atoms with Crippen LogP contribution < -0.4 is 5.32 Å². The van der Waals surface area contributed by atoms with Gasteiger partial charge in [-0.15, -0.1) is 0 Å². The molecular formula is C9H11F3N2O2. The average Bonchev–Trinajstić information content (AvgIpc) is 2.16. The van der Waals surface area contributed by atoms with Gasteiger partial charge in [0.25, 0.3) is 5.91 Å². The molecule has 1 aromatic rings. The normalized spacial score (nSPS) is 12.9. The molecule has 0 aliphatic carbocycles. The van der Waals surface area contributed by atoms with Gasteiger partial charge in [-0.05, 0) is 12.6 Å². The monoisotopic (exact) mass is 236 g/mol. The highest BCUT2D eigenvalue weighted by Crippen LogP contribution is 2.30. The Morgan fingerprint density at radius 3 is 2.31 bits per heavy atom. The van der Waals surface area contributed by atoms with Crippen LogP contribution in [-0.4, -0.2) is 21.7 Å². The standard InChI is InChI=1S/C9H11F3N2O2/c1-2-14-9(15,16)7-3-6(4-13-5-7)8(10,11)12/h3-5,14-16H,2H2,1H3. The zero-order valence-corrected chi connectivity index (χ0v) is 8.41. The van der Waals surface area contributed by atoms with Crippen molar-refractivity contribution in [1.29, 1.82) is 0 Å². The fourth-order valence-electron chi connectivity index (χ4n) is 1.13. The Bertz CT molecular complexity index is 366. The topological polar surface area (TPSA) is 65.4 Å². The number of alkyl halides is 3. The van der Waals surface area contributed by atoms with Crippen LogP contribution in [0.3, 0.4) is 0 Å². The third-order valence-electron chi connectivity index (χ3n) is 1.89. The summed E-state index contributed by atoms with van der Waals surface area (Å²) in [5.41, 5.74) is -1.39. The Morgan fingerprint density at radius 2 is 1.81 bits per heavy atom. The molecule has 0 spiro atoms. The smallest absolute Gasteiger partial charge is 0.350 e. The quantitative estimate of drug-likeness (QED) is 0.679. The molecule has 0 aliphatic rings. The second-order valence-electron chi connectivity index (χ2n) is 3.16. The summed E-state index contributed by atoms with van der Waals surface area (Å²) in [6.45, 7) is 1.77. The number of hydrogen-bond donors (Lipinski definition) is 3. The van der Waals surface area contributed by atoms with E-state index in [0.717, 1.165) is 6.20 Å². The molecule has 0 atom stereocenters. The zero-order chi connectivity index (χ0) is 12.4. The molecule has 3 N–H and O–H groups in total. The summed E-state index contributed by atoms with van der Waals surface area (Å²) in [4.78, 5) is 3.32.